The third-order valence-corrected chi connectivity index (χ3v) is 3.47. The molecule has 0 aliphatic carbocycles. The van der Waals surface area contributed by atoms with Gasteiger partial charge >= 0.3 is 0 Å². The second kappa shape index (κ2) is 5.52. The average molecular weight is 313 g/mol. The van der Waals surface area contributed by atoms with E-state index < -0.39 is 0 Å². The Morgan fingerprint density at radius 3 is 2.65 bits per heavy atom. The van der Waals surface area contributed by atoms with Crippen LogP contribution < -0.4 is 4.74 Å². The predicted molar refractivity (Wildman–Crippen MR) is 72.5 cm³/mol. The van der Waals surface area contributed by atoms with Crippen molar-refractivity contribution in [3.8, 4) is 5.75 Å². The van der Waals surface area contributed by atoms with E-state index in [0.29, 0.717) is 6.61 Å². The van der Waals surface area contributed by atoms with Crippen LogP contribution in [0.3, 0.4) is 0 Å². The number of aromatic nitrogens is 1. The van der Waals surface area contributed by atoms with Crippen LogP contribution >= 0.6 is 27.5 Å². The number of hydrogen-bond donors (Lipinski definition) is 0. The lowest BCUT2D eigenvalue weighted by atomic mass is 10.2. The smallest absolute Gasteiger partial charge is 0.142 e. The molecule has 0 saturated heterocycles. The van der Waals surface area contributed by atoms with E-state index in [4.69, 9.17) is 16.3 Å². The summed E-state index contributed by atoms with van der Waals surface area (Å²) in [7, 11) is 0. The zero-order valence-corrected chi connectivity index (χ0v) is 11.6. The van der Waals surface area contributed by atoms with Crippen molar-refractivity contribution in [2.45, 2.75) is 13.5 Å². The zero-order chi connectivity index (χ0) is 12.3. The number of nitrogens with zero attached hydrogens (tertiary/aromatic N) is 1. The van der Waals surface area contributed by atoms with E-state index in [1.165, 1.54) is 0 Å². The highest BCUT2D eigenvalue weighted by Gasteiger charge is 2.03. The second-order valence-corrected chi connectivity index (χ2v) is 4.95. The number of ether oxygens (including phenoxy) is 1. The lowest BCUT2D eigenvalue weighted by Gasteiger charge is -2.09. The van der Waals surface area contributed by atoms with Crippen molar-refractivity contribution in [1.29, 1.82) is 0 Å². The van der Waals surface area contributed by atoms with Gasteiger partial charge in [-0.05, 0) is 40.5 Å². The van der Waals surface area contributed by atoms with E-state index in [1.807, 2.05) is 31.2 Å². The second-order valence-electron chi connectivity index (χ2n) is 3.66. The van der Waals surface area contributed by atoms with Crippen LogP contribution in [-0.2, 0) is 6.61 Å². The third-order valence-electron chi connectivity index (χ3n) is 2.42. The maximum absolute atomic E-state index is 5.82. The van der Waals surface area contributed by atoms with Crippen LogP contribution in [0.2, 0.25) is 5.02 Å². The SMILES string of the molecule is Cc1c(Br)cncc1OCc1ccc(Cl)cc1. The van der Waals surface area contributed by atoms with E-state index in [2.05, 4.69) is 20.9 Å². The van der Waals surface area contributed by atoms with Crippen molar-refractivity contribution < 1.29 is 4.74 Å². The fraction of sp³-hybridized carbons (Fsp3) is 0.154. The van der Waals surface area contributed by atoms with Crippen LogP contribution in [0.25, 0.3) is 0 Å². The summed E-state index contributed by atoms with van der Waals surface area (Å²) in [4.78, 5) is 4.08. The molecule has 2 rings (SSSR count). The molecule has 0 spiro atoms. The van der Waals surface area contributed by atoms with Crippen molar-refractivity contribution in [3.63, 3.8) is 0 Å². The molecule has 1 heterocycles. The first-order chi connectivity index (χ1) is 8.16. The molecular formula is C13H11BrClNO. The van der Waals surface area contributed by atoms with Gasteiger partial charge in [-0.3, -0.25) is 4.98 Å². The Morgan fingerprint density at radius 2 is 1.94 bits per heavy atom. The van der Waals surface area contributed by atoms with E-state index in [9.17, 15) is 0 Å². The molecule has 4 heteroatoms. The molecule has 17 heavy (non-hydrogen) atoms. The van der Waals surface area contributed by atoms with Crippen molar-refractivity contribution in [3.05, 3.63) is 57.3 Å². The molecule has 0 aliphatic heterocycles. The Morgan fingerprint density at radius 1 is 1.24 bits per heavy atom. The summed E-state index contributed by atoms with van der Waals surface area (Å²) in [5.41, 5.74) is 2.13. The largest absolute Gasteiger partial charge is 0.487 e. The first kappa shape index (κ1) is 12.4. The van der Waals surface area contributed by atoms with Gasteiger partial charge < -0.3 is 4.74 Å². The number of pyridine rings is 1. The van der Waals surface area contributed by atoms with Gasteiger partial charge in [0.15, 0.2) is 0 Å². The number of rotatable bonds is 3. The van der Waals surface area contributed by atoms with Crippen molar-refractivity contribution in [2.24, 2.45) is 0 Å². The van der Waals surface area contributed by atoms with Crippen molar-refractivity contribution >= 4 is 27.5 Å². The molecule has 0 radical (unpaired) electrons. The third kappa shape index (κ3) is 3.20. The van der Waals surface area contributed by atoms with Gasteiger partial charge in [0.1, 0.15) is 12.4 Å². The number of benzene rings is 1. The van der Waals surface area contributed by atoms with Gasteiger partial charge in [-0.25, -0.2) is 0 Å². The molecule has 2 aromatic rings. The van der Waals surface area contributed by atoms with Gasteiger partial charge in [0.2, 0.25) is 0 Å². The number of halogens is 2. The molecule has 0 atom stereocenters. The molecule has 0 unspecified atom stereocenters. The molecular weight excluding hydrogens is 302 g/mol. The summed E-state index contributed by atoms with van der Waals surface area (Å²) in [6.07, 6.45) is 3.47. The molecule has 88 valence electrons. The Labute approximate surface area is 114 Å². The summed E-state index contributed by atoms with van der Waals surface area (Å²) >= 11 is 9.24. The minimum Gasteiger partial charge on any atom is -0.487 e. The van der Waals surface area contributed by atoms with E-state index in [-0.39, 0.29) is 0 Å². The minimum atomic E-state index is 0.510. The number of hydrogen-bond acceptors (Lipinski definition) is 2. The Balaban J connectivity index is 2.07. The van der Waals surface area contributed by atoms with Crippen LogP contribution in [0.4, 0.5) is 0 Å². The van der Waals surface area contributed by atoms with Crippen LogP contribution in [0, 0.1) is 6.92 Å². The summed E-state index contributed by atoms with van der Waals surface area (Å²) in [5.74, 6) is 0.786. The van der Waals surface area contributed by atoms with E-state index in [0.717, 1.165) is 26.4 Å². The quantitative estimate of drug-likeness (QED) is 0.839. The van der Waals surface area contributed by atoms with Crippen molar-refractivity contribution in [1.82, 2.24) is 4.98 Å². The molecule has 0 amide bonds. The average Bonchev–Trinajstić information content (AvgIpc) is 2.33. The molecule has 0 N–H and O–H groups in total. The molecule has 0 bridgehead atoms. The van der Waals surface area contributed by atoms with Crippen LogP contribution in [0.15, 0.2) is 41.1 Å². The van der Waals surface area contributed by atoms with Gasteiger partial charge in [0.25, 0.3) is 0 Å². The molecule has 0 fully saturated rings. The normalized spacial score (nSPS) is 10.3. The molecule has 1 aromatic carbocycles. The summed E-state index contributed by atoms with van der Waals surface area (Å²) in [6.45, 7) is 2.50. The molecule has 2 nitrogen and oxygen atoms in total. The van der Waals surface area contributed by atoms with Gasteiger partial charge in [-0.15, -0.1) is 0 Å². The van der Waals surface area contributed by atoms with Gasteiger partial charge in [-0.2, -0.15) is 0 Å². The van der Waals surface area contributed by atoms with Crippen LogP contribution in [0.5, 0.6) is 5.75 Å². The van der Waals surface area contributed by atoms with E-state index >= 15 is 0 Å². The summed E-state index contributed by atoms with van der Waals surface area (Å²) in [6, 6.07) is 7.60. The fourth-order valence-electron chi connectivity index (χ4n) is 1.37. The van der Waals surface area contributed by atoms with Crippen LogP contribution in [0.1, 0.15) is 11.1 Å². The summed E-state index contributed by atoms with van der Waals surface area (Å²) in [5, 5.41) is 0.731. The lowest BCUT2D eigenvalue weighted by Crippen LogP contribution is -1.97. The van der Waals surface area contributed by atoms with Gasteiger partial charge in [-0.1, -0.05) is 23.7 Å². The Bertz CT molecular complexity index is 513. The Hall–Kier alpha value is -1.06. The first-order valence-corrected chi connectivity index (χ1v) is 6.31. The maximum atomic E-state index is 5.82. The van der Waals surface area contributed by atoms with E-state index in [1.54, 1.807) is 12.4 Å². The first-order valence-electron chi connectivity index (χ1n) is 5.14. The standard InChI is InChI=1S/C13H11BrClNO/c1-9-12(14)6-16-7-13(9)17-8-10-2-4-11(15)5-3-10/h2-7H,8H2,1H3. The highest BCUT2D eigenvalue weighted by molar-refractivity contribution is 9.10. The highest BCUT2D eigenvalue weighted by atomic mass is 79.9. The maximum Gasteiger partial charge on any atom is 0.142 e. The molecule has 0 aliphatic rings. The topological polar surface area (TPSA) is 22.1 Å². The van der Waals surface area contributed by atoms with Gasteiger partial charge in [0, 0.05) is 21.3 Å². The highest BCUT2D eigenvalue weighted by Crippen LogP contribution is 2.24. The monoisotopic (exact) mass is 311 g/mol. The predicted octanol–water partition coefficient (Wildman–Crippen LogP) is 4.38. The molecule has 0 saturated carbocycles. The molecule has 1 aromatic heterocycles. The lowest BCUT2D eigenvalue weighted by molar-refractivity contribution is 0.302. The fourth-order valence-corrected chi connectivity index (χ4v) is 1.81. The van der Waals surface area contributed by atoms with Gasteiger partial charge in [0.05, 0.1) is 6.20 Å². The minimum absolute atomic E-state index is 0.510. The summed E-state index contributed by atoms with van der Waals surface area (Å²) < 4.78 is 6.66. The van der Waals surface area contributed by atoms with Crippen molar-refractivity contribution in [2.75, 3.05) is 0 Å². The zero-order valence-electron chi connectivity index (χ0n) is 9.28. The van der Waals surface area contributed by atoms with Crippen LogP contribution in [-0.4, -0.2) is 4.98 Å². The Kier molecular flexibility index (Phi) is 4.02.